The van der Waals surface area contributed by atoms with Crippen LogP contribution in [0.3, 0.4) is 0 Å². The molecule has 1 amide bonds. The zero-order chi connectivity index (χ0) is 13.4. The number of carbonyl (C=O) groups is 1. The average Bonchev–Trinajstić information content (AvgIpc) is 3.02. The van der Waals surface area contributed by atoms with Crippen LogP contribution in [-0.4, -0.2) is 10.9 Å². The van der Waals surface area contributed by atoms with Gasteiger partial charge < -0.3 is 5.32 Å². The number of aromatic nitrogens is 1. The fourth-order valence-electron chi connectivity index (χ4n) is 2.28. The molecule has 1 aliphatic rings. The maximum absolute atomic E-state index is 12.0. The summed E-state index contributed by atoms with van der Waals surface area (Å²) in [6, 6.07) is 4.12. The second-order valence-corrected chi connectivity index (χ2v) is 6.02. The molecule has 1 aliphatic carbocycles. The van der Waals surface area contributed by atoms with Crippen LogP contribution in [0, 0.1) is 30.1 Å². The van der Waals surface area contributed by atoms with Gasteiger partial charge in [-0.1, -0.05) is 0 Å². The van der Waals surface area contributed by atoms with Gasteiger partial charge in [-0.05, 0) is 30.9 Å². The lowest BCUT2D eigenvalue weighted by molar-refractivity contribution is -0.117. The van der Waals surface area contributed by atoms with Gasteiger partial charge in [0.2, 0.25) is 5.91 Å². The predicted molar refractivity (Wildman–Crippen MR) is 74.8 cm³/mol. The Morgan fingerprint density at radius 3 is 3.21 bits per heavy atom. The molecule has 2 aromatic heterocycles. The van der Waals surface area contributed by atoms with E-state index in [1.165, 1.54) is 0 Å². The number of nitriles is 1. The van der Waals surface area contributed by atoms with E-state index < -0.39 is 0 Å². The Bertz CT molecular complexity index is 686. The van der Waals surface area contributed by atoms with Gasteiger partial charge in [-0.25, -0.2) is 0 Å². The van der Waals surface area contributed by atoms with E-state index >= 15 is 0 Å². The number of pyridine rings is 1. The van der Waals surface area contributed by atoms with E-state index in [1.54, 1.807) is 11.3 Å². The van der Waals surface area contributed by atoms with Gasteiger partial charge in [0.25, 0.3) is 0 Å². The SMILES string of the molecule is Cc1cncc2sc(NC(=O)[C@@H]3CC3CC#N)cc12. The van der Waals surface area contributed by atoms with E-state index in [2.05, 4.69) is 16.4 Å². The molecule has 0 saturated heterocycles. The number of fused-ring (bicyclic) bond motifs is 1. The summed E-state index contributed by atoms with van der Waals surface area (Å²) in [5.41, 5.74) is 1.11. The molecule has 2 heterocycles. The summed E-state index contributed by atoms with van der Waals surface area (Å²) in [4.78, 5) is 16.1. The van der Waals surface area contributed by atoms with Crippen LogP contribution < -0.4 is 5.32 Å². The molecule has 0 bridgehead atoms. The van der Waals surface area contributed by atoms with E-state index in [1.807, 2.05) is 25.4 Å². The van der Waals surface area contributed by atoms with Crippen molar-refractivity contribution in [3.63, 3.8) is 0 Å². The first-order valence-electron chi connectivity index (χ1n) is 6.21. The van der Waals surface area contributed by atoms with Crippen LogP contribution in [-0.2, 0) is 4.79 Å². The van der Waals surface area contributed by atoms with E-state index in [0.29, 0.717) is 6.42 Å². The lowest BCUT2D eigenvalue weighted by Gasteiger charge is -1.99. The number of amides is 1. The van der Waals surface area contributed by atoms with Gasteiger partial charge in [0.05, 0.1) is 15.8 Å². The highest BCUT2D eigenvalue weighted by molar-refractivity contribution is 7.22. The van der Waals surface area contributed by atoms with Crippen molar-refractivity contribution in [1.29, 1.82) is 5.26 Å². The molecule has 0 radical (unpaired) electrons. The Morgan fingerprint density at radius 2 is 2.47 bits per heavy atom. The zero-order valence-corrected chi connectivity index (χ0v) is 11.3. The van der Waals surface area contributed by atoms with Gasteiger partial charge in [0, 0.05) is 30.1 Å². The number of anilines is 1. The summed E-state index contributed by atoms with van der Waals surface area (Å²) in [5.74, 6) is 0.310. The van der Waals surface area contributed by atoms with Crippen molar-refractivity contribution in [1.82, 2.24) is 4.98 Å². The quantitative estimate of drug-likeness (QED) is 0.932. The fraction of sp³-hybridized carbons (Fsp3) is 0.357. The highest BCUT2D eigenvalue weighted by Gasteiger charge is 2.42. The van der Waals surface area contributed by atoms with Crippen molar-refractivity contribution in [2.75, 3.05) is 5.32 Å². The molecule has 4 nitrogen and oxygen atoms in total. The maximum atomic E-state index is 12.0. The second kappa shape index (κ2) is 4.63. The standard InChI is InChI=1S/C14H13N3OS/c1-8-6-16-7-12-10(8)5-13(19-12)17-14(18)11-4-9(11)2-3-15/h5-7,9,11H,2,4H2,1H3,(H,17,18)/t9?,11-/m1/s1. The van der Waals surface area contributed by atoms with Crippen LogP contribution in [0.15, 0.2) is 18.5 Å². The minimum absolute atomic E-state index is 0.0177. The Kier molecular flexibility index (Phi) is 2.96. The van der Waals surface area contributed by atoms with Crippen LogP contribution >= 0.6 is 11.3 Å². The van der Waals surface area contributed by atoms with Gasteiger partial charge in [0.15, 0.2) is 0 Å². The first-order valence-corrected chi connectivity index (χ1v) is 7.02. The largest absolute Gasteiger partial charge is 0.317 e. The molecule has 0 aromatic carbocycles. The van der Waals surface area contributed by atoms with Gasteiger partial charge in [0.1, 0.15) is 0 Å². The van der Waals surface area contributed by atoms with E-state index in [9.17, 15) is 4.79 Å². The Hall–Kier alpha value is -1.93. The summed E-state index contributed by atoms with van der Waals surface area (Å²) in [6.07, 6.45) is 4.96. The molecule has 2 atom stereocenters. The van der Waals surface area contributed by atoms with Crippen LogP contribution in [0.5, 0.6) is 0 Å². The number of hydrogen-bond acceptors (Lipinski definition) is 4. The number of thiophene rings is 1. The monoisotopic (exact) mass is 271 g/mol. The maximum Gasteiger partial charge on any atom is 0.228 e. The van der Waals surface area contributed by atoms with Crippen molar-refractivity contribution in [3.05, 3.63) is 24.0 Å². The third-order valence-electron chi connectivity index (χ3n) is 3.50. The molecule has 96 valence electrons. The summed E-state index contributed by atoms with van der Waals surface area (Å²) in [6.45, 7) is 2.01. The smallest absolute Gasteiger partial charge is 0.228 e. The molecule has 5 heteroatoms. The van der Waals surface area contributed by atoms with Crippen molar-refractivity contribution < 1.29 is 4.79 Å². The Morgan fingerprint density at radius 1 is 1.63 bits per heavy atom. The third kappa shape index (κ3) is 2.32. The first-order chi connectivity index (χ1) is 9.19. The van der Waals surface area contributed by atoms with E-state index in [-0.39, 0.29) is 17.7 Å². The van der Waals surface area contributed by atoms with Gasteiger partial charge in [-0.15, -0.1) is 11.3 Å². The number of aryl methyl sites for hydroxylation is 1. The number of carbonyl (C=O) groups excluding carboxylic acids is 1. The molecule has 1 unspecified atom stereocenters. The van der Waals surface area contributed by atoms with Gasteiger partial charge in [-0.2, -0.15) is 5.26 Å². The second-order valence-electron chi connectivity index (χ2n) is 4.93. The lowest BCUT2D eigenvalue weighted by Crippen LogP contribution is -2.13. The van der Waals surface area contributed by atoms with Crippen molar-refractivity contribution in [2.24, 2.45) is 11.8 Å². The highest BCUT2D eigenvalue weighted by Crippen LogP contribution is 2.42. The summed E-state index contributed by atoms with van der Waals surface area (Å²) in [5, 5.41) is 13.6. The van der Waals surface area contributed by atoms with Crippen molar-refractivity contribution >= 4 is 32.3 Å². The molecule has 1 fully saturated rings. The number of rotatable bonds is 3. The average molecular weight is 271 g/mol. The molecule has 2 aromatic rings. The molecular formula is C14H13N3OS. The van der Waals surface area contributed by atoms with E-state index in [4.69, 9.17) is 5.26 Å². The van der Waals surface area contributed by atoms with Gasteiger partial charge in [-0.3, -0.25) is 9.78 Å². The predicted octanol–water partition coefficient (Wildman–Crippen LogP) is 3.09. The molecule has 0 spiro atoms. The fourth-order valence-corrected chi connectivity index (χ4v) is 3.29. The minimum Gasteiger partial charge on any atom is -0.317 e. The van der Waals surface area contributed by atoms with Crippen molar-refractivity contribution in [2.45, 2.75) is 19.8 Å². The molecule has 1 N–H and O–H groups in total. The molecule has 19 heavy (non-hydrogen) atoms. The minimum atomic E-state index is 0.0177. The molecule has 1 saturated carbocycles. The Labute approximate surface area is 115 Å². The van der Waals surface area contributed by atoms with Crippen LogP contribution in [0.1, 0.15) is 18.4 Å². The van der Waals surface area contributed by atoms with Crippen LogP contribution in [0.2, 0.25) is 0 Å². The molecule has 0 aliphatic heterocycles. The third-order valence-corrected chi connectivity index (χ3v) is 4.49. The van der Waals surface area contributed by atoms with Crippen LogP contribution in [0.25, 0.3) is 10.1 Å². The first kappa shape index (κ1) is 12.1. The number of nitrogens with one attached hydrogen (secondary N) is 1. The summed E-state index contributed by atoms with van der Waals surface area (Å²) in [7, 11) is 0. The molecular weight excluding hydrogens is 258 g/mol. The highest BCUT2D eigenvalue weighted by atomic mass is 32.1. The number of hydrogen-bond donors (Lipinski definition) is 1. The summed E-state index contributed by atoms with van der Waals surface area (Å²) >= 11 is 1.54. The summed E-state index contributed by atoms with van der Waals surface area (Å²) < 4.78 is 1.08. The normalized spacial score (nSPS) is 21.1. The Balaban J connectivity index is 1.74. The zero-order valence-electron chi connectivity index (χ0n) is 10.5. The topological polar surface area (TPSA) is 65.8 Å². The lowest BCUT2D eigenvalue weighted by atomic mass is 10.2. The van der Waals surface area contributed by atoms with E-state index in [0.717, 1.165) is 27.1 Å². The van der Waals surface area contributed by atoms with Crippen LogP contribution in [0.4, 0.5) is 5.00 Å². The molecule has 3 rings (SSSR count). The van der Waals surface area contributed by atoms with Crippen molar-refractivity contribution in [3.8, 4) is 6.07 Å². The number of nitrogens with zero attached hydrogens (tertiary/aromatic N) is 2. The van der Waals surface area contributed by atoms with Gasteiger partial charge >= 0.3 is 0 Å².